The van der Waals surface area contributed by atoms with E-state index in [2.05, 4.69) is 0 Å². The summed E-state index contributed by atoms with van der Waals surface area (Å²) in [6.07, 6.45) is -0.436. The van der Waals surface area contributed by atoms with Crippen LogP contribution in [0.1, 0.15) is 24.2 Å². The summed E-state index contributed by atoms with van der Waals surface area (Å²) >= 11 is 0. The molecule has 122 valence electrons. The average Bonchev–Trinajstić information content (AvgIpc) is 2.59. The van der Waals surface area contributed by atoms with Crippen molar-refractivity contribution >= 4 is 16.9 Å². The summed E-state index contributed by atoms with van der Waals surface area (Å²) in [6.45, 7) is 1.95. The van der Waals surface area contributed by atoms with Crippen molar-refractivity contribution in [3.8, 4) is 5.75 Å². The van der Waals surface area contributed by atoms with Gasteiger partial charge in [-0.15, -0.1) is 0 Å². The lowest BCUT2D eigenvalue weighted by molar-refractivity contribution is -0.145. The zero-order valence-electron chi connectivity index (χ0n) is 13.1. The molecule has 1 heterocycles. The van der Waals surface area contributed by atoms with E-state index in [1.807, 2.05) is 6.92 Å². The van der Waals surface area contributed by atoms with Gasteiger partial charge in [-0.3, -0.25) is 0 Å². The Kier molecular flexibility index (Phi) is 4.33. The molecule has 0 saturated carbocycles. The number of carbonyl (C=O) groups is 1. The lowest BCUT2D eigenvalue weighted by atomic mass is 10.1. The van der Waals surface area contributed by atoms with E-state index in [9.17, 15) is 14.7 Å². The van der Waals surface area contributed by atoms with Gasteiger partial charge in [0.2, 0.25) is 6.10 Å². The SMILES string of the molecule is CCc1cc(=O)oc2cc(OC(C(=O)O)c3ccccc3)ccc12. The summed E-state index contributed by atoms with van der Waals surface area (Å²) in [5.41, 5.74) is 1.36. The zero-order valence-corrected chi connectivity index (χ0v) is 13.1. The second kappa shape index (κ2) is 6.58. The van der Waals surface area contributed by atoms with Crippen molar-refractivity contribution in [2.24, 2.45) is 0 Å². The third-order valence-electron chi connectivity index (χ3n) is 3.76. The van der Waals surface area contributed by atoms with Crippen LogP contribution in [0.2, 0.25) is 0 Å². The average molecular weight is 324 g/mol. The Morgan fingerprint density at radius 1 is 1.17 bits per heavy atom. The van der Waals surface area contributed by atoms with Crippen LogP contribution in [0, 0.1) is 0 Å². The summed E-state index contributed by atoms with van der Waals surface area (Å²) < 4.78 is 10.8. The first kappa shape index (κ1) is 15.8. The Labute approximate surface area is 138 Å². The Hall–Kier alpha value is -3.08. The zero-order chi connectivity index (χ0) is 17.1. The third-order valence-corrected chi connectivity index (χ3v) is 3.76. The standard InChI is InChI=1S/C19H16O5/c1-2-12-10-17(20)24-16-11-14(8-9-15(12)16)23-18(19(21)22)13-6-4-3-5-7-13/h3-11,18H,2H2,1H3,(H,21,22). The molecule has 0 spiro atoms. The smallest absolute Gasteiger partial charge is 0.349 e. The summed E-state index contributed by atoms with van der Waals surface area (Å²) in [4.78, 5) is 23.1. The molecule has 0 saturated heterocycles. The predicted octanol–water partition coefficient (Wildman–Crippen LogP) is 3.56. The second-order valence-corrected chi connectivity index (χ2v) is 5.35. The number of carboxylic acid groups (broad SMARTS) is 1. The van der Waals surface area contributed by atoms with Crippen LogP contribution in [0.3, 0.4) is 0 Å². The molecular weight excluding hydrogens is 308 g/mol. The van der Waals surface area contributed by atoms with Crippen molar-refractivity contribution in [2.45, 2.75) is 19.4 Å². The molecule has 2 aromatic carbocycles. The van der Waals surface area contributed by atoms with Crippen LogP contribution in [0.5, 0.6) is 5.75 Å². The van der Waals surface area contributed by atoms with Gasteiger partial charge in [0, 0.05) is 23.1 Å². The normalized spacial score (nSPS) is 12.0. The minimum absolute atomic E-state index is 0.329. The summed E-state index contributed by atoms with van der Waals surface area (Å²) in [5, 5.41) is 10.2. The molecule has 0 aliphatic carbocycles. The molecule has 0 amide bonds. The van der Waals surface area contributed by atoms with E-state index in [4.69, 9.17) is 9.15 Å². The van der Waals surface area contributed by atoms with E-state index in [0.717, 1.165) is 10.9 Å². The molecule has 0 aliphatic rings. The first-order chi connectivity index (χ1) is 11.6. The van der Waals surface area contributed by atoms with Crippen molar-refractivity contribution in [2.75, 3.05) is 0 Å². The number of aryl methyl sites for hydroxylation is 1. The Morgan fingerprint density at radius 2 is 1.92 bits per heavy atom. The monoisotopic (exact) mass is 324 g/mol. The maximum atomic E-state index is 11.6. The molecule has 0 fully saturated rings. The van der Waals surface area contributed by atoms with Gasteiger partial charge < -0.3 is 14.3 Å². The van der Waals surface area contributed by atoms with Crippen LogP contribution in [0.15, 0.2) is 63.8 Å². The van der Waals surface area contributed by atoms with Crippen molar-refractivity contribution in [1.29, 1.82) is 0 Å². The molecule has 24 heavy (non-hydrogen) atoms. The highest BCUT2D eigenvalue weighted by molar-refractivity contribution is 5.82. The number of hydrogen-bond donors (Lipinski definition) is 1. The first-order valence-electron chi connectivity index (χ1n) is 7.59. The molecule has 1 atom stereocenters. The minimum atomic E-state index is -1.13. The van der Waals surface area contributed by atoms with E-state index >= 15 is 0 Å². The molecule has 1 aromatic heterocycles. The number of carboxylic acids is 1. The van der Waals surface area contributed by atoms with Crippen molar-refractivity contribution in [1.82, 2.24) is 0 Å². The largest absolute Gasteiger partial charge is 0.478 e. The van der Waals surface area contributed by atoms with Gasteiger partial charge in [0.25, 0.3) is 0 Å². The van der Waals surface area contributed by atoms with E-state index in [0.29, 0.717) is 23.3 Å². The maximum Gasteiger partial charge on any atom is 0.349 e. The number of hydrogen-bond acceptors (Lipinski definition) is 4. The molecule has 3 rings (SSSR count). The van der Waals surface area contributed by atoms with Crippen LogP contribution in [-0.4, -0.2) is 11.1 Å². The van der Waals surface area contributed by atoms with Gasteiger partial charge in [0.1, 0.15) is 11.3 Å². The Morgan fingerprint density at radius 3 is 2.58 bits per heavy atom. The predicted molar refractivity (Wildman–Crippen MR) is 89.3 cm³/mol. The van der Waals surface area contributed by atoms with Crippen molar-refractivity contribution < 1.29 is 19.1 Å². The summed E-state index contributed by atoms with van der Waals surface area (Å²) in [7, 11) is 0. The quantitative estimate of drug-likeness (QED) is 0.726. The fraction of sp³-hybridized carbons (Fsp3) is 0.158. The highest BCUT2D eigenvalue weighted by atomic mass is 16.5. The fourth-order valence-electron chi connectivity index (χ4n) is 2.60. The molecule has 1 unspecified atom stereocenters. The van der Waals surface area contributed by atoms with Gasteiger partial charge in [-0.1, -0.05) is 37.3 Å². The summed E-state index contributed by atoms with van der Waals surface area (Å²) in [5.74, 6) is -0.764. The minimum Gasteiger partial charge on any atom is -0.478 e. The summed E-state index contributed by atoms with van der Waals surface area (Å²) in [6, 6.07) is 15.2. The molecule has 5 heteroatoms. The van der Waals surface area contributed by atoms with Crippen molar-refractivity contribution in [3.63, 3.8) is 0 Å². The highest BCUT2D eigenvalue weighted by Gasteiger charge is 2.22. The van der Waals surface area contributed by atoms with Crippen LogP contribution in [0.25, 0.3) is 11.0 Å². The van der Waals surface area contributed by atoms with Crippen LogP contribution >= 0.6 is 0 Å². The van der Waals surface area contributed by atoms with Crippen molar-refractivity contribution in [3.05, 3.63) is 76.1 Å². The number of rotatable bonds is 5. The third kappa shape index (κ3) is 3.15. The molecule has 1 N–H and O–H groups in total. The maximum absolute atomic E-state index is 11.6. The van der Waals surface area contributed by atoms with Crippen LogP contribution in [-0.2, 0) is 11.2 Å². The van der Waals surface area contributed by atoms with E-state index in [1.54, 1.807) is 48.5 Å². The van der Waals surface area contributed by atoms with Gasteiger partial charge >= 0.3 is 11.6 Å². The lowest BCUT2D eigenvalue weighted by Gasteiger charge is -2.16. The van der Waals surface area contributed by atoms with Crippen LogP contribution < -0.4 is 10.4 Å². The van der Waals surface area contributed by atoms with Gasteiger partial charge in [0.15, 0.2) is 0 Å². The van der Waals surface area contributed by atoms with Crippen LogP contribution in [0.4, 0.5) is 0 Å². The Bertz CT molecular complexity index is 927. The second-order valence-electron chi connectivity index (χ2n) is 5.35. The van der Waals surface area contributed by atoms with Gasteiger partial charge in [-0.05, 0) is 24.1 Å². The van der Waals surface area contributed by atoms with Gasteiger partial charge in [-0.25, -0.2) is 9.59 Å². The van der Waals surface area contributed by atoms with E-state index < -0.39 is 17.7 Å². The fourth-order valence-corrected chi connectivity index (χ4v) is 2.60. The van der Waals surface area contributed by atoms with E-state index in [1.165, 1.54) is 6.07 Å². The molecule has 0 bridgehead atoms. The molecule has 0 radical (unpaired) electrons. The van der Waals surface area contributed by atoms with E-state index in [-0.39, 0.29) is 0 Å². The Balaban J connectivity index is 2.00. The number of aliphatic carboxylic acids is 1. The number of ether oxygens (including phenoxy) is 1. The van der Waals surface area contributed by atoms with Gasteiger partial charge in [0.05, 0.1) is 0 Å². The number of benzene rings is 2. The number of fused-ring (bicyclic) bond motifs is 1. The van der Waals surface area contributed by atoms with Gasteiger partial charge in [-0.2, -0.15) is 0 Å². The molecule has 0 aliphatic heterocycles. The molecule has 3 aromatic rings. The molecule has 5 nitrogen and oxygen atoms in total. The lowest BCUT2D eigenvalue weighted by Crippen LogP contribution is -2.18. The molecular formula is C19H16O5. The topological polar surface area (TPSA) is 76.7 Å². The first-order valence-corrected chi connectivity index (χ1v) is 7.59. The highest BCUT2D eigenvalue weighted by Crippen LogP contribution is 2.27.